The summed E-state index contributed by atoms with van der Waals surface area (Å²) in [5, 5.41) is 6.58. The molecule has 34 heavy (non-hydrogen) atoms. The van der Waals surface area contributed by atoms with Gasteiger partial charge in [-0.05, 0) is 61.6 Å². The Labute approximate surface area is 200 Å². The van der Waals surface area contributed by atoms with Crippen LogP contribution in [0.2, 0.25) is 0 Å². The molecular weight excluding hydrogens is 430 g/mol. The van der Waals surface area contributed by atoms with Crippen LogP contribution in [-0.4, -0.2) is 42.4 Å². The van der Waals surface area contributed by atoms with Gasteiger partial charge in [0.1, 0.15) is 30.4 Å². The zero-order chi connectivity index (χ0) is 23.9. The number of hydrogen-bond donors (Lipinski definition) is 1. The lowest BCUT2D eigenvalue weighted by Crippen LogP contribution is -2.42. The van der Waals surface area contributed by atoms with Crippen LogP contribution in [0.3, 0.4) is 0 Å². The Hall–Kier alpha value is -3.74. The number of nitrogens with one attached hydrogen (secondary N) is 1. The smallest absolute Gasteiger partial charge is 0.322 e. The zero-order valence-electron chi connectivity index (χ0n) is 19.9. The van der Waals surface area contributed by atoms with Crippen molar-refractivity contribution in [3.63, 3.8) is 0 Å². The molecule has 1 aliphatic rings. The molecule has 0 radical (unpaired) electrons. The molecule has 3 aromatic rings. The third kappa shape index (κ3) is 6.19. The topological polar surface area (TPSA) is 76.8 Å². The molecule has 1 N–H and O–H groups in total. The standard InChI is InChI=1S/C27H31N3O4/c1-19-6-4-8-24(14-19)32-12-13-33-25-9-5-7-22(16-25)15-23-10-11-30(18-20(23)2)27(31)29-26-17-28-34-21(26)3/h4-9,14-17,20H,10-13,18H2,1-3H3,(H,29,31)/b23-15+. The molecule has 1 unspecified atom stereocenters. The molecular formula is C27H31N3O4. The first kappa shape index (κ1) is 23.4. The van der Waals surface area contributed by atoms with E-state index in [1.165, 1.54) is 17.3 Å². The molecule has 4 rings (SSSR count). The Balaban J connectivity index is 1.28. The van der Waals surface area contributed by atoms with Crippen LogP contribution in [0, 0.1) is 19.8 Å². The number of rotatable bonds is 7. The van der Waals surface area contributed by atoms with Crippen molar-refractivity contribution >= 4 is 17.8 Å². The molecule has 2 aromatic carbocycles. The maximum Gasteiger partial charge on any atom is 0.322 e. The number of likely N-dealkylation sites (tertiary alicyclic amines) is 1. The van der Waals surface area contributed by atoms with Gasteiger partial charge in [0.15, 0.2) is 5.76 Å². The summed E-state index contributed by atoms with van der Waals surface area (Å²) in [6, 6.07) is 15.9. The van der Waals surface area contributed by atoms with Gasteiger partial charge in [0, 0.05) is 13.1 Å². The number of piperidine rings is 1. The van der Waals surface area contributed by atoms with E-state index in [9.17, 15) is 4.79 Å². The quantitative estimate of drug-likeness (QED) is 0.456. The largest absolute Gasteiger partial charge is 0.490 e. The summed E-state index contributed by atoms with van der Waals surface area (Å²) in [5.74, 6) is 2.53. The Morgan fingerprint density at radius 3 is 2.56 bits per heavy atom. The second-order valence-corrected chi connectivity index (χ2v) is 8.63. The van der Waals surface area contributed by atoms with Gasteiger partial charge in [0.25, 0.3) is 0 Å². The van der Waals surface area contributed by atoms with Crippen LogP contribution in [0.15, 0.2) is 64.8 Å². The molecule has 1 saturated heterocycles. The Kier molecular flexibility index (Phi) is 7.52. The van der Waals surface area contributed by atoms with Gasteiger partial charge >= 0.3 is 6.03 Å². The summed E-state index contributed by atoms with van der Waals surface area (Å²) in [5.41, 5.74) is 4.20. The van der Waals surface area contributed by atoms with Crippen molar-refractivity contribution in [2.45, 2.75) is 27.2 Å². The summed E-state index contributed by atoms with van der Waals surface area (Å²) in [7, 11) is 0. The van der Waals surface area contributed by atoms with Gasteiger partial charge in [0.2, 0.25) is 0 Å². The average molecular weight is 462 g/mol. The summed E-state index contributed by atoms with van der Waals surface area (Å²) in [4.78, 5) is 14.4. The Morgan fingerprint density at radius 1 is 1.15 bits per heavy atom. The highest BCUT2D eigenvalue weighted by molar-refractivity contribution is 5.89. The summed E-state index contributed by atoms with van der Waals surface area (Å²) in [6.45, 7) is 8.25. The molecule has 178 valence electrons. The average Bonchev–Trinajstić information content (AvgIpc) is 3.22. The fourth-order valence-electron chi connectivity index (χ4n) is 3.99. The minimum absolute atomic E-state index is 0.125. The van der Waals surface area contributed by atoms with E-state index in [1.54, 1.807) is 6.92 Å². The van der Waals surface area contributed by atoms with Gasteiger partial charge in [-0.1, -0.05) is 48.0 Å². The van der Waals surface area contributed by atoms with Crippen molar-refractivity contribution in [3.05, 3.63) is 77.2 Å². The second-order valence-electron chi connectivity index (χ2n) is 8.63. The number of aromatic nitrogens is 1. The third-order valence-corrected chi connectivity index (χ3v) is 5.90. The summed E-state index contributed by atoms with van der Waals surface area (Å²) >= 11 is 0. The van der Waals surface area contributed by atoms with Gasteiger partial charge in [-0.15, -0.1) is 0 Å². The molecule has 1 aromatic heterocycles. The summed E-state index contributed by atoms with van der Waals surface area (Å²) in [6.07, 6.45) is 4.56. The maximum absolute atomic E-state index is 12.6. The van der Waals surface area contributed by atoms with Crippen LogP contribution < -0.4 is 14.8 Å². The second kappa shape index (κ2) is 10.9. The number of amides is 2. The molecule has 7 nitrogen and oxygen atoms in total. The number of anilines is 1. The van der Waals surface area contributed by atoms with Crippen LogP contribution in [0.25, 0.3) is 6.08 Å². The fraction of sp³-hybridized carbons (Fsp3) is 0.333. The molecule has 2 amide bonds. The highest BCUT2D eigenvalue weighted by Gasteiger charge is 2.25. The number of ether oxygens (including phenoxy) is 2. The van der Waals surface area contributed by atoms with E-state index in [0.717, 1.165) is 23.5 Å². The Morgan fingerprint density at radius 2 is 1.88 bits per heavy atom. The van der Waals surface area contributed by atoms with Crippen molar-refractivity contribution in [2.24, 2.45) is 5.92 Å². The first-order chi connectivity index (χ1) is 16.5. The van der Waals surface area contributed by atoms with E-state index in [1.807, 2.05) is 54.3 Å². The molecule has 0 aliphatic carbocycles. The van der Waals surface area contributed by atoms with Gasteiger partial charge < -0.3 is 24.2 Å². The molecule has 0 bridgehead atoms. The lowest BCUT2D eigenvalue weighted by atomic mass is 9.91. The zero-order valence-corrected chi connectivity index (χ0v) is 19.9. The molecule has 7 heteroatoms. The van der Waals surface area contributed by atoms with E-state index in [2.05, 4.69) is 29.5 Å². The van der Waals surface area contributed by atoms with Crippen LogP contribution in [0.5, 0.6) is 11.5 Å². The highest BCUT2D eigenvalue weighted by Crippen LogP contribution is 2.27. The van der Waals surface area contributed by atoms with Crippen molar-refractivity contribution in [1.82, 2.24) is 10.1 Å². The van der Waals surface area contributed by atoms with E-state index < -0.39 is 0 Å². The monoisotopic (exact) mass is 461 g/mol. The number of nitrogens with zero attached hydrogens (tertiary/aromatic N) is 2. The molecule has 0 spiro atoms. The van der Waals surface area contributed by atoms with Crippen molar-refractivity contribution < 1.29 is 18.8 Å². The fourth-order valence-corrected chi connectivity index (χ4v) is 3.99. The molecule has 1 atom stereocenters. The number of carbonyl (C=O) groups excluding carboxylic acids is 1. The number of urea groups is 1. The predicted molar refractivity (Wildman–Crippen MR) is 132 cm³/mol. The van der Waals surface area contributed by atoms with Crippen LogP contribution in [0.1, 0.15) is 30.2 Å². The highest BCUT2D eigenvalue weighted by atomic mass is 16.5. The van der Waals surface area contributed by atoms with Gasteiger partial charge in [-0.3, -0.25) is 0 Å². The molecule has 1 aliphatic heterocycles. The predicted octanol–water partition coefficient (Wildman–Crippen LogP) is 5.71. The first-order valence-corrected chi connectivity index (χ1v) is 11.6. The molecule has 0 saturated carbocycles. The van der Waals surface area contributed by atoms with Gasteiger partial charge in [-0.2, -0.15) is 0 Å². The van der Waals surface area contributed by atoms with E-state index in [0.29, 0.717) is 37.8 Å². The molecule has 2 heterocycles. The van der Waals surface area contributed by atoms with Crippen molar-refractivity contribution in [3.8, 4) is 11.5 Å². The SMILES string of the molecule is Cc1cccc(OCCOc2cccc(/C=C3\CCN(C(=O)Nc4cnoc4C)CC3C)c2)c1. The normalized spacial score (nSPS) is 17.0. The van der Waals surface area contributed by atoms with E-state index >= 15 is 0 Å². The minimum atomic E-state index is -0.125. The first-order valence-electron chi connectivity index (χ1n) is 11.6. The maximum atomic E-state index is 12.6. The number of hydrogen-bond acceptors (Lipinski definition) is 5. The number of carbonyl (C=O) groups is 1. The number of benzene rings is 2. The van der Waals surface area contributed by atoms with E-state index in [-0.39, 0.29) is 11.9 Å². The van der Waals surface area contributed by atoms with E-state index in [4.69, 9.17) is 14.0 Å². The lowest BCUT2D eigenvalue weighted by molar-refractivity contribution is 0.197. The van der Waals surface area contributed by atoms with Crippen LogP contribution in [-0.2, 0) is 0 Å². The van der Waals surface area contributed by atoms with Gasteiger partial charge in [0.05, 0.1) is 6.20 Å². The third-order valence-electron chi connectivity index (χ3n) is 5.90. The minimum Gasteiger partial charge on any atom is -0.490 e. The lowest BCUT2D eigenvalue weighted by Gasteiger charge is -2.33. The summed E-state index contributed by atoms with van der Waals surface area (Å²) < 4.78 is 16.7. The number of aryl methyl sites for hydroxylation is 2. The van der Waals surface area contributed by atoms with Crippen LogP contribution >= 0.6 is 0 Å². The van der Waals surface area contributed by atoms with Crippen molar-refractivity contribution in [2.75, 3.05) is 31.6 Å². The van der Waals surface area contributed by atoms with Gasteiger partial charge in [-0.25, -0.2) is 4.79 Å². The molecule has 1 fully saturated rings. The van der Waals surface area contributed by atoms with Crippen molar-refractivity contribution in [1.29, 1.82) is 0 Å². The van der Waals surface area contributed by atoms with Crippen LogP contribution in [0.4, 0.5) is 10.5 Å². The Bertz CT molecular complexity index is 1150.